The standard InChI is InChI=1S/C17H16N2O2/c1-11(20)18-17-14-5-3-4-6-15(14)19-16(17)12-7-9-13(21-2)10-8-12/h3-10,19H,1-2H3,(H,18,20). The highest BCUT2D eigenvalue weighted by Gasteiger charge is 2.13. The molecule has 0 aliphatic heterocycles. The molecule has 2 aromatic carbocycles. The van der Waals surface area contributed by atoms with Crippen LogP contribution in [0.5, 0.6) is 5.75 Å². The molecule has 0 atom stereocenters. The van der Waals surface area contributed by atoms with Crippen LogP contribution < -0.4 is 10.1 Å². The van der Waals surface area contributed by atoms with Crippen molar-refractivity contribution in [1.29, 1.82) is 0 Å². The number of nitrogens with one attached hydrogen (secondary N) is 2. The van der Waals surface area contributed by atoms with E-state index in [2.05, 4.69) is 10.3 Å². The molecule has 0 fully saturated rings. The summed E-state index contributed by atoms with van der Waals surface area (Å²) >= 11 is 0. The Morgan fingerprint density at radius 2 is 1.81 bits per heavy atom. The van der Waals surface area contributed by atoms with Gasteiger partial charge in [-0.1, -0.05) is 18.2 Å². The summed E-state index contributed by atoms with van der Waals surface area (Å²) in [6.07, 6.45) is 0. The number of methoxy groups -OCH3 is 1. The number of carbonyl (C=O) groups excluding carboxylic acids is 1. The van der Waals surface area contributed by atoms with Gasteiger partial charge in [0.1, 0.15) is 5.75 Å². The Kier molecular flexibility index (Phi) is 3.36. The first kappa shape index (κ1) is 13.2. The summed E-state index contributed by atoms with van der Waals surface area (Å²) in [5, 5.41) is 3.92. The zero-order valence-electron chi connectivity index (χ0n) is 11.9. The molecule has 0 unspecified atom stereocenters. The third kappa shape index (κ3) is 2.48. The molecule has 3 rings (SSSR count). The zero-order chi connectivity index (χ0) is 14.8. The van der Waals surface area contributed by atoms with Gasteiger partial charge < -0.3 is 15.0 Å². The largest absolute Gasteiger partial charge is 0.497 e. The number of hydrogen-bond donors (Lipinski definition) is 2. The Balaban J connectivity index is 2.17. The molecular weight excluding hydrogens is 264 g/mol. The highest BCUT2D eigenvalue weighted by molar-refractivity contribution is 6.07. The fourth-order valence-electron chi connectivity index (χ4n) is 2.42. The van der Waals surface area contributed by atoms with Crippen LogP contribution in [0.4, 0.5) is 5.69 Å². The first-order valence-corrected chi connectivity index (χ1v) is 6.72. The molecule has 3 aromatic rings. The van der Waals surface area contributed by atoms with Gasteiger partial charge in [0.2, 0.25) is 5.91 Å². The van der Waals surface area contributed by atoms with Crippen molar-refractivity contribution in [3.63, 3.8) is 0 Å². The predicted octanol–water partition coefficient (Wildman–Crippen LogP) is 3.80. The Morgan fingerprint density at radius 3 is 2.48 bits per heavy atom. The predicted molar refractivity (Wildman–Crippen MR) is 84.6 cm³/mol. The summed E-state index contributed by atoms with van der Waals surface area (Å²) in [7, 11) is 1.64. The topological polar surface area (TPSA) is 54.1 Å². The number of rotatable bonds is 3. The summed E-state index contributed by atoms with van der Waals surface area (Å²) in [5.74, 6) is 0.713. The first-order valence-electron chi connectivity index (χ1n) is 6.72. The van der Waals surface area contributed by atoms with Crippen LogP contribution in [0.15, 0.2) is 48.5 Å². The van der Waals surface area contributed by atoms with Crippen LogP contribution in [0.2, 0.25) is 0 Å². The van der Waals surface area contributed by atoms with Gasteiger partial charge in [-0.25, -0.2) is 0 Å². The van der Waals surface area contributed by atoms with Crippen molar-refractivity contribution >= 4 is 22.5 Å². The van der Waals surface area contributed by atoms with Crippen LogP contribution in [0, 0.1) is 0 Å². The summed E-state index contributed by atoms with van der Waals surface area (Å²) in [4.78, 5) is 14.9. The summed E-state index contributed by atoms with van der Waals surface area (Å²) in [5.41, 5.74) is 3.69. The van der Waals surface area contributed by atoms with Crippen LogP contribution in [0.1, 0.15) is 6.92 Å². The van der Waals surface area contributed by atoms with E-state index in [9.17, 15) is 4.79 Å². The van der Waals surface area contributed by atoms with Gasteiger partial charge in [0.15, 0.2) is 0 Å². The lowest BCUT2D eigenvalue weighted by Gasteiger charge is -2.06. The van der Waals surface area contributed by atoms with Crippen LogP contribution >= 0.6 is 0 Å². The van der Waals surface area contributed by atoms with E-state index in [1.165, 1.54) is 6.92 Å². The maximum atomic E-state index is 11.5. The van der Waals surface area contributed by atoms with Crippen molar-refractivity contribution in [1.82, 2.24) is 4.98 Å². The Hall–Kier alpha value is -2.75. The molecule has 0 radical (unpaired) electrons. The molecule has 4 heteroatoms. The first-order chi connectivity index (χ1) is 10.2. The third-order valence-corrected chi connectivity index (χ3v) is 3.39. The number of ether oxygens (including phenoxy) is 1. The molecule has 0 aliphatic carbocycles. The summed E-state index contributed by atoms with van der Waals surface area (Å²) < 4.78 is 5.18. The van der Waals surface area contributed by atoms with E-state index in [-0.39, 0.29) is 5.91 Å². The minimum absolute atomic E-state index is 0.0884. The van der Waals surface area contributed by atoms with Gasteiger partial charge in [-0.15, -0.1) is 0 Å². The van der Waals surface area contributed by atoms with Gasteiger partial charge in [-0.05, 0) is 30.3 Å². The quantitative estimate of drug-likeness (QED) is 0.766. The Labute approximate surface area is 122 Å². The van der Waals surface area contributed by atoms with E-state index < -0.39 is 0 Å². The smallest absolute Gasteiger partial charge is 0.221 e. The Morgan fingerprint density at radius 1 is 1.10 bits per heavy atom. The summed E-state index contributed by atoms with van der Waals surface area (Å²) in [6, 6.07) is 15.6. The molecule has 0 saturated heterocycles. The lowest BCUT2D eigenvalue weighted by atomic mass is 10.1. The highest BCUT2D eigenvalue weighted by atomic mass is 16.5. The van der Waals surface area contributed by atoms with E-state index in [1.54, 1.807) is 7.11 Å². The van der Waals surface area contributed by atoms with Crippen molar-refractivity contribution in [3.05, 3.63) is 48.5 Å². The van der Waals surface area contributed by atoms with Crippen LogP contribution in [0.25, 0.3) is 22.2 Å². The van der Waals surface area contributed by atoms with E-state index in [1.807, 2.05) is 48.5 Å². The molecule has 1 heterocycles. The number of fused-ring (bicyclic) bond motifs is 1. The molecule has 1 amide bonds. The molecular formula is C17H16N2O2. The lowest BCUT2D eigenvalue weighted by Crippen LogP contribution is -2.06. The molecule has 0 bridgehead atoms. The molecule has 1 aromatic heterocycles. The van der Waals surface area contributed by atoms with Gasteiger partial charge in [0.05, 0.1) is 18.5 Å². The number of carbonyl (C=O) groups is 1. The van der Waals surface area contributed by atoms with Crippen LogP contribution in [0.3, 0.4) is 0 Å². The minimum atomic E-state index is -0.0884. The number of aromatic amines is 1. The van der Waals surface area contributed by atoms with Gasteiger partial charge in [-0.2, -0.15) is 0 Å². The van der Waals surface area contributed by atoms with Gasteiger partial charge in [0.25, 0.3) is 0 Å². The van der Waals surface area contributed by atoms with E-state index in [0.29, 0.717) is 0 Å². The molecule has 106 valence electrons. The minimum Gasteiger partial charge on any atom is -0.497 e. The number of aromatic nitrogens is 1. The van der Waals surface area contributed by atoms with E-state index in [4.69, 9.17) is 4.74 Å². The number of anilines is 1. The average Bonchev–Trinajstić information content (AvgIpc) is 2.86. The number of hydrogen-bond acceptors (Lipinski definition) is 2. The zero-order valence-corrected chi connectivity index (χ0v) is 11.9. The van der Waals surface area contributed by atoms with Gasteiger partial charge >= 0.3 is 0 Å². The van der Waals surface area contributed by atoms with Crippen molar-refractivity contribution < 1.29 is 9.53 Å². The van der Waals surface area contributed by atoms with Gasteiger partial charge in [-0.3, -0.25) is 4.79 Å². The SMILES string of the molecule is COc1ccc(-c2[nH]c3ccccc3c2NC(C)=O)cc1. The number of para-hydroxylation sites is 1. The van der Waals surface area contributed by atoms with Crippen molar-refractivity contribution in [2.75, 3.05) is 12.4 Å². The second-order valence-electron chi connectivity index (χ2n) is 4.83. The normalized spacial score (nSPS) is 10.6. The van der Waals surface area contributed by atoms with Crippen LogP contribution in [-0.4, -0.2) is 18.0 Å². The van der Waals surface area contributed by atoms with Crippen molar-refractivity contribution in [2.24, 2.45) is 0 Å². The monoisotopic (exact) mass is 280 g/mol. The summed E-state index contributed by atoms with van der Waals surface area (Å²) in [6.45, 7) is 1.51. The van der Waals surface area contributed by atoms with E-state index >= 15 is 0 Å². The molecule has 21 heavy (non-hydrogen) atoms. The number of H-pyrrole nitrogens is 1. The second kappa shape index (κ2) is 5.32. The molecule has 0 saturated carbocycles. The number of amides is 1. The van der Waals surface area contributed by atoms with Crippen molar-refractivity contribution in [3.8, 4) is 17.0 Å². The average molecular weight is 280 g/mol. The lowest BCUT2D eigenvalue weighted by molar-refractivity contribution is -0.114. The van der Waals surface area contributed by atoms with Crippen LogP contribution in [-0.2, 0) is 4.79 Å². The maximum absolute atomic E-state index is 11.5. The fourth-order valence-corrected chi connectivity index (χ4v) is 2.42. The maximum Gasteiger partial charge on any atom is 0.221 e. The van der Waals surface area contributed by atoms with E-state index in [0.717, 1.165) is 33.6 Å². The van der Waals surface area contributed by atoms with Crippen molar-refractivity contribution in [2.45, 2.75) is 6.92 Å². The molecule has 0 aliphatic rings. The third-order valence-electron chi connectivity index (χ3n) is 3.39. The van der Waals surface area contributed by atoms with Gasteiger partial charge in [0, 0.05) is 23.4 Å². The molecule has 4 nitrogen and oxygen atoms in total. The second-order valence-corrected chi connectivity index (χ2v) is 4.83. The highest BCUT2D eigenvalue weighted by Crippen LogP contribution is 2.35. The molecule has 2 N–H and O–H groups in total. The Bertz CT molecular complexity index is 788. The fraction of sp³-hybridized carbons (Fsp3) is 0.118. The number of benzene rings is 2. The molecule has 0 spiro atoms.